The number of halogens is 3. The highest BCUT2D eigenvalue weighted by molar-refractivity contribution is 8.00. The number of carbonyl (C=O) groups is 1. The number of nitrogens with one attached hydrogen (secondary N) is 1. The molecule has 2 heterocycles. The number of aromatic nitrogens is 2. The van der Waals surface area contributed by atoms with Gasteiger partial charge >= 0.3 is 6.18 Å². The molecule has 172 valence electrons. The quantitative estimate of drug-likeness (QED) is 0.337. The fourth-order valence-corrected chi connectivity index (χ4v) is 5.16. The van der Waals surface area contributed by atoms with E-state index in [4.69, 9.17) is 4.42 Å². The molecule has 0 fully saturated rings. The molecule has 0 aliphatic heterocycles. The zero-order valence-electron chi connectivity index (χ0n) is 17.2. The maximum absolute atomic E-state index is 13.2. The van der Waals surface area contributed by atoms with Crippen LogP contribution in [-0.4, -0.2) is 27.8 Å². The monoisotopic (exact) mass is 493 g/mol. The third-order valence-corrected chi connectivity index (χ3v) is 6.83. The first kappa shape index (κ1) is 23.3. The Morgan fingerprint density at radius 3 is 2.64 bits per heavy atom. The number of thioether (sulfide) groups is 1. The number of fused-ring (bicyclic) bond motifs is 1. The molecule has 2 aromatic carbocycles. The molecule has 1 atom stereocenters. The van der Waals surface area contributed by atoms with Crippen LogP contribution < -0.4 is 5.32 Å². The Morgan fingerprint density at radius 1 is 1.18 bits per heavy atom. The number of nitrogens with zero attached hydrogens (tertiary/aromatic N) is 2. The SMILES string of the molecule is Cc1nnc(SCc2c(C(=O)NCC(O)c3ccccc3C(F)(F)F)oc3ccccc23)s1. The fourth-order valence-electron chi connectivity index (χ4n) is 3.32. The second kappa shape index (κ2) is 9.54. The minimum Gasteiger partial charge on any atom is -0.451 e. The fraction of sp³-hybridized carbons (Fsp3) is 0.227. The molecule has 0 saturated heterocycles. The van der Waals surface area contributed by atoms with Crippen molar-refractivity contribution >= 4 is 40.0 Å². The van der Waals surface area contributed by atoms with E-state index in [1.165, 1.54) is 41.3 Å². The number of rotatable bonds is 7. The van der Waals surface area contributed by atoms with Gasteiger partial charge in [-0.15, -0.1) is 10.2 Å². The summed E-state index contributed by atoms with van der Waals surface area (Å²) in [4.78, 5) is 12.9. The zero-order valence-corrected chi connectivity index (χ0v) is 18.9. The van der Waals surface area contributed by atoms with E-state index in [9.17, 15) is 23.1 Å². The summed E-state index contributed by atoms with van der Waals surface area (Å²) in [7, 11) is 0. The summed E-state index contributed by atoms with van der Waals surface area (Å²) in [6, 6.07) is 11.9. The normalized spacial score (nSPS) is 12.8. The van der Waals surface area contributed by atoms with E-state index in [0.717, 1.165) is 20.8 Å². The Labute approximate surface area is 194 Å². The van der Waals surface area contributed by atoms with Gasteiger partial charge in [0.2, 0.25) is 0 Å². The van der Waals surface area contributed by atoms with Gasteiger partial charge < -0.3 is 14.8 Å². The molecule has 4 aromatic rings. The van der Waals surface area contributed by atoms with Gasteiger partial charge in [0.15, 0.2) is 10.1 Å². The Hall–Kier alpha value is -2.89. The molecule has 0 spiro atoms. The lowest BCUT2D eigenvalue weighted by Gasteiger charge is -2.17. The highest BCUT2D eigenvalue weighted by atomic mass is 32.2. The molecule has 11 heteroatoms. The van der Waals surface area contributed by atoms with Crippen molar-refractivity contribution in [1.82, 2.24) is 15.5 Å². The summed E-state index contributed by atoms with van der Waals surface area (Å²) in [6.07, 6.45) is -6.16. The number of aliphatic hydroxyl groups excluding tert-OH is 1. The molecule has 0 radical (unpaired) electrons. The van der Waals surface area contributed by atoms with Crippen molar-refractivity contribution in [3.63, 3.8) is 0 Å². The molecular formula is C22H18F3N3O3S2. The summed E-state index contributed by atoms with van der Waals surface area (Å²) in [5.74, 6) is -0.201. The third-order valence-electron chi connectivity index (χ3n) is 4.83. The highest BCUT2D eigenvalue weighted by Gasteiger charge is 2.34. The molecule has 0 aliphatic rings. The average Bonchev–Trinajstić information content (AvgIpc) is 3.38. The van der Waals surface area contributed by atoms with Gasteiger partial charge in [-0.3, -0.25) is 4.79 Å². The van der Waals surface area contributed by atoms with Crippen LogP contribution in [0.3, 0.4) is 0 Å². The minimum absolute atomic E-state index is 0.0428. The summed E-state index contributed by atoms with van der Waals surface area (Å²) >= 11 is 2.83. The number of amides is 1. The number of benzene rings is 2. The summed E-state index contributed by atoms with van der Waals surface area (Å²) in [5, 5.41) is 22.5. The molecule has 6 nitrogen and oxygen atoms in total. The molecular weight excluding hydrogens is 475 g/mol. The third kappa shape index (κ3) is 5.21. The van der Waals surface area contributed by atoms with Crippen LogP contribution in [0.4, 0.5) is 13.2 Å². The van der Waals surface area contributed by atoms with Gasteiger partial charge in [0, 0.05) is 23.2 Å². The number of carbonyl (C=O) groups excluding carboxylic acids is 1. The van der Waals surface area contributed by atoms with E-state index in [-0.39, 0.29) is 11.3 Å². The van der Waals surface area contributed by atoms with E-state index in [2.05, 4.69) is 15.5 Å². The number of para-hydroxylation sites is 1. The summed E-state index contributed by atoms with van der Waals surface area (Å²) in [5.41, 5.74) is -0.113. The van der Waals surface area contributed by atoms with Crippen molar-refractivity contribution in [2.45, 2.75) is 29.3 Å². The molecule has 2 N–H and O–H groups in total. The topological polar surface area (TPSA) is 88.2 Å². The van der Waals surface area contributed by atoms with Gasteiger partial charge in [-0.25, -0.2) is 0 Å². The first-order valence-corrected chi connectivity index (χ1v) is 11.6. The number of aryl methyl sites for hydroxylation is 1. The van der Waals surface area contributed by atoms with Gasteiger partial charge in [-0.05, 0) is 24.6 Å². The van der Waals surface area contributed by atoms with E-state index >= 15 is 0 Å². The van der Waals surface area contributed by atoms with Crippen molar-refractivity contribution < 1.29 is 27.5 Å². The van der Waals surface area contributed by atoms with Gasteiger partial charge in [0.25, 0.3) is 5.91 Å². The van der Waals surface area contributed by atoms with Crippen LogP contribution in [0, 0.1) is 6.92 Å². The summed E-state index contributed by atoms with van der Waals surface area (Å²) in [6.45, 7) is 1.43. The average molecular weight is 494 g/mol. The molecule has 33 heavy (non-hydrogen) atoms. The van der Waals surface area contributed by atoms with E-state index < -0.39 is 30.3 Å². The largest absolute Gasteiger partial charge is 0.451 e. The number of furan rings is 1. The highest BCUT2D eigenvalue weighted by Crippen LogP contribution is 2.35. The molecule has 0 saturated carbocycles. The zero-order chi connectivity index (χ0) is 23.6. The van der Waals surface area contributed by atoms with Crippen molar-refractivity contribution in [3.8, 4) is 0 Å². The summed E-state index contributed by atoms with van der Waals surface area (Å²) < 4.78 is 46.2. The Kier molecular flexibility index (Phi) is 6.73. The van der Waals surface area contributed by atoms with Gasteiger partial charge in [-0.2, -0.15) is 13.2 Å². The molecule has 0 bridgehead atoms. The van der Waals surface area contributed by atoms with Crippen LogP contribution in [0.5, 0.6) is 0 Å². The molecule has 4 rings (SSSR count). The lowest BCUT2D eigenvalue weighted by atomic mass is 10.0. The first-order valence-electron chi connectivity index (χ1n) is 9.79. The van der Waals surface area contributed by atoms with Crippen LogP contribution in [0.2, 0.25) is 0 Å². The van der Waals surface area contributed by atoms with Crippen LogP contribution >= 0.6 is 23.1 Å². The predicted molar refractivity (Wildman–Crippen MR) is 119 cm³/mol. The Morgan fingerprint density at radius 2 is 1.91 bits per heavy atom. The van der Waals surface area contributed by atoms with Crippen molar-refractivity contribution in [2.24, 2.45) is 0 Å². The predicted octanol–water partition coefficient (Wildman–Crippen LogP) is 5.37. The van der Waals surface area contributed by atoms with Crippen molar-refractivity contribution in [3.05, 3.63) is 76.0 Å². The van der Waals surface area contributed by atoms with Crippen LogP contribution in [0.15, 0.2) is 57.3 Å². The van der Waals surface area contributed by atoms with Crippen LogP contribution in [0.25, 0.3) is 11.0 Å². The number of aliphatic hydroxyl groups is 1. The Balaban J connectivity index is 1.54. The first-order chi connectivity index (χ1) is 15.7. The maximum atomic E-state index is 13.2. The van der Waals surface area contributed by atoms with Gasteiger partial charge in [0.05, 0.1) is 11.7 Å². The molecule has 2 aromatic heterocycles. The standard InChI is InChI=1S/C22H18F3N3O3S2/c1-12-27-28-21(33-12)32-11-15-13-6-3-5-9-18(13)31-19(15)20(30)26-10-17(29)14-7-2-4-8-16(14)22(23,24)25/h2-9,17,29H,10-11H2,1H3,(H,26,30). The lowest BCUT2D eigenvalue weighted by molar-refractivity contribution is -0.139. The number of alkyl halides is 3. The van der Waals surface area contributed by atoms with Gasteiger partial charge in [0.1, 0.15) is 10.6 Å². The van der Waals surface area contributed by atoms with Crippen molar-refractivity contribution in [2.75, 3.05) is 6.54 Å². The lowest BCUT2D eigenvalue weighted by Crippen LogP contribution is -2.29. The van der Waals surface area contributed by atoms with E-state index in [1.54, 1.807) is 12.1 Å². The molecule has 0 aliphatic carbocycles. The molecule has 1 unspecified atom stereocenters. The molecule has 1 amide bonds. The second-order valence-corrected chi connectivity index (χ2v) is 9.50. The van der Waals surface area contributed by atoms with Crippen LogP contribution in [0.1, 0.15) is 38.4 Å². The number of hydrogen-bond donors (Lipinski definition) is 2. The smallest absolute Gasteiger partial charge is 0.416 e. The number of hydrogen-bond acceptors (Lipinski definition) is 7. The van der Waals surface area contributed by atoms with Crippen LogP contribution in [-0.2, 0) is 11.9 Å². The minimum atomic E-state index is -4.62. The Bertz CT molecular complexity index is 1290. The van der Waals surface area contributed by atoms with Crippen molar-refractivity contribution in [1.29, 1.82) is 0 Å². The maximum Gasteiger partial charge on any atom is 0.416 e. The van der Waals surface area contributed by atoms with E-state index in [0.29, 0.717) is 16.9 Å². The second-order valence-electron chi connectivity index (χ2n) is 7.09. The van der Waals surface area contributed by atoms with E-state index in [1.807, 2.05) is 19.1 Å². The van der Waals surface area contributed by atoms with Gasteiger partial charge in [-0.1, -0.05) is 59.5 Å².